The zero-order chi connectivity index (χ0) is 9.87. The molecule has 0 spiro atoms. The molecule has 1 saturated carbocycles. The van der Waals surface area contributed by atoms with E-state index in [2.05, 4.69) is 9.64 Å². The molecule has 4 heteroatoms. The van der Waals surface area contributed by atoms with E-state index < -0.39 is 0 Å². The van der Waals surface area contributed by atoms with Crippen molar-refractivity contribution in [1.29, 1.82) is 0 Å². The van der Waals surface area contributed by atoms with Crippen LogP contribution in [0.25, 0.3) is 0 Å². The highest BCUT2D eigenvalue weighted by Crippen LogP contribution is 2.42. The average Bonchev–Trinajstić information content (AvgIpc) is 2.84. The van der Waals surface area contributed by atoms with Gasteiger partial charge in [-0.15, -0.1) is 0 Å². The summed E-state index contributed by atoms with van der Waals surface area (Å²) in [6.45, 7) is 2.75. The predicted octanol–water partition coefficient (Wildman–Crippen LogP) is 0.169. The standard InChI is InChI=1S/C10H13NO3/c1-5-8-7(9(12)14-10(8)13)4-11(5)6-2-3-6/h5-8H,2-4H2,1H3. The van der Waals surface area contributed by atoms with Gasteiger partial charge in [0.25, 0.3) is 0 Å². The Morgan fingerprint density at radius 3 is 2.57 bits per heavy atom. The lowest BCUT2D eigenvalue weighted by Crippen LogP contribution is -2.34. The lowest BCUT2D eigenvalue weighted by molar-refractivity contribution is -0.155. The minimum absolute atomic E-state index is 0.182. The van der Waals surface area contributed by atoms with E-state index >= 15 is 0 Å². The van der Waals surface area contributed by atoms with Gasteiger partial charge in [0, 0.05) is 18.6 Å². The Balaban J connectivity index is 1.87. The van der Waals surface area contributed by atoms with Crippen LogP contribution in [0.15, 0.2) is 0 Å². The Morgan fingerprint density at radius 1 is 1.29 bits per heavy atom. The van der Waals surface area contributed by atoms with Crippen LogP contribution in [-0.4, -0.2) is 35.5 Å². The van der Waals surface area contributed by atoms with E-state index in [0.717, 1.165) is 6.54 Å². The molecule has 0 aromatic rings. The Labute approximate surface area is 82.2 Å². The van der Waals surface area contributed by atoms with Gasteiger partial charge in [-0.05, 0) is 19.8 Å². The molecule has 3 unspecified atom stereocenters. The molecular weight excluding hydrogens is 182 g/mol. The smallest absolute Gasteiger partial charge is 0.319 e. The number of cyclic esters (lactones) is 2. The summed E-state index contributed by atoms with van der Waals surface area (Å²) >= 11 is 0. The van der Waals surface area contributed by atoms with Gasteiger partial charge in [0.15, 0.2) is 0 Å². The molecule has 0 aromatic heterocycles. The second-order valence-corrected chi connectivity index (χ2v) is 4.54. The third kappa shape index (κ3) is 0.974. The minimum atomic E-state index is -0.310. The van der Waals surface area contributed by atoms with Crippen LogP contribution in [0.1, 0.15) is 19.8 Å². The van der Waals surface area contributed by atoms with Gasteiger partial charge in [-0.25, -0.2) is 0 Å². The second kappa shape index (κ2) is 2.57. The van der Waals surface area contributed by atoms with Gasteiger partial charge in [-0.1, -0.05) is 0 Å². The number of likely N-dealkylation sites (tertiary alicyclic amines) is 1. The maximum atomic E-state index is 11.4. The fraction of sp³-hybridized carbons (Fsp3) is 0.800. The lowest BCUT2D eigenvalue weighted by Gasteiger charge is -2.22. The van der Waals surface area contributed by atoms with Crippen molar-refractivity contribution in [2.45, 2.75) is 31.8 Å². The molecule has 14 heavy (non-hydrogen) atoms. The third-order valence-corrected chi connectivity index (χ3v) is 3.68. The summed E-state index contributed by atoms with van der Waals surface area (Å²) < 4.78 is 4.64. The van der Waals surface area contributed by atoms with Crippen molar-refractivity contribution in [3.8, 4) is 0 Å². The highest BCUT2D eigenvalue weighted by molar-refractivity contribution is 5.97. The first kappa shape index (κ1) is 8.41. The van der Waals surface area contributed by atoms with Gasteiger partial charge >= 0.3 is 11.9 Å². The third-order valence-electron chi connectivity index (χ3n) is 3.68. The number of nitrogens with zero attached hydrogens (tertiary/aromatic N) is 1. The van der Waals surface area contributed by atoms with Crippen molar-refractivity contribution in [2.75, 3.05) is 6.54 Å². The number of hydrogen-bond acceptors (Lipinski definition) is 4. The second-order valence-electron chi connectivity index (χ2n) is 4.54. The molecule has 1 aliphatic carbocycles. The zero-order valence-electron chi connectivity index (χ0n) is 8.10. The zero-order valence-corrected chi connectivity index (χ0v) is 8.10. The van der Waals surface area contributed by atoms with Crippen LogP contribution in [-0.2, 0) is 14.3 Å². The first-order chi connectivity index (χ1) is 6.68. The predicted molar refractivity (Wildman–Crippen MR) is 47.3 cm³/mol. The summed E-state index contributed by atoms with van der Waals surface area (Å²) in [5, 5.41) is 0. The molecule has 3 fully saturated rings. The molecule has 4 nitrogen and oxygen atoms in total. The number of carbonyl (C=O) groups excluding carboxylic acids is 2. The van der Waals surface area contributed by atoms with Crippen LogP contribution in [0, 0.1) is 11.8 Å². The van der Waals surface area contributed by atoms with E-state index in [-0.39, 0.29) is 29.8 Å². The van der Waals surface area contributed by atoms with Crippen molar-refractivity contribution in [3.63, 3.8) is 0 Å². The normalized spacial score (nSPS) is 42.8. The summed E-state index contributed by atoms with van der Waals surface area (Å²) in [7, 11) is 0. The summed E-state index contributed by atoms with van der Waals surface area (Å²) in [4.78, 5) is 25.0. The topological polar surface area (TPSA) is 46.6 Å². The van der Waals surface area contributed by atoms with Crippen LogP contribution >= 0.6 is 0 Å². The van der Waals surface area contributed by atoms with E-state index in [0.29, 0.717) is 6.04 Å². The van der Waals surface area contributed by atoms with Gasteiger partial charge in [-0.3, -0.25) is 14.5 Å². The molecule has 3 aliphatic rings. The number of rotatable bonds is 1. The Bertz CT molecular complexity index is 310. The first-order valence-electron chi connectivity index (χ1n) is 5.20. The van der Waals surface area contributed by atoms with Crippen LogP contribution in [0.4, 0.5) is 0 Å². The Morgan fingerprint density at radius 2 is 2.00 bits per heavy atom. The molecular formula is C10H13NO3. The molecule has 0 radical (unpaired) electrons. The highest BCUT2D eigenvalue weighted by atomic mass is 16.6. The number of ether oxygens (including phenoxy) is 1. The SMILES string of the molecule is CC1C2C(=O)OC(=O)C2CN1C1CC1. The van der Waals surface area contributed by atoms with Gasteiger partial charge in [-0.2, -0.15) is 0 Å². The fourth-order valence-electron chi connectivity index (χ4n) is 2.76. The van der Waals surface area contributed by atoms with Crippen LogP contribution < -0.4 is 0 Å². The van der Waals surface area contributed by atoms with Gasteiger partial charge in [0.2, 0.25) is 0 Å². The minimum Gasteiger partial charge on any atom is -0.393 e. The number of fused-ring (bicyclic) bond motifs is 1. The molecule has 2 aliphatic heterocycles. The molecule has 2 heterocycles. The van der Waals surface area contributed by atoms with Crippen LogP contribution in [0.3, 0.4) is 0 Å². The highest BCUT2D eigenvalue weighted by Gasteiger charge is 2.56. The molecule has 3 atom stereocenters. The molecule has 0 aromatic carbocycles. The fourth-order valence-corrected chi connectivity index (χ4v) is 2.76. The number of carbonyl (C=O) groups is 2. The first-order valence-corrected chi connectivity index (χ1v) is 5.20. The van der Waals surface area contributed by atoms with Gasteiger partial charge in [0.05, 0.1) is 11.8 Å². The van der Waals surface area contributed by atoms with Crippen molar-refractivity contribution in [2.24, 2.45) is 11.8 Å². The Kier molecular flexibility index (Phi) is 1.54. The molecule has 0 bridgehead atoms. The van der Waals surface area contributed by atoms with Crippen LogP contribution in [0.2, 0.25) is 0 Å². The number of esters is 2. The monoisotopic (exact) mass is 195 g/mol. The Hall–Kier alpha value is -0.900. The largest absolute Gasteiger partial charge is 0.393 e. The summed E-state index contributed by atoms with van der Waals surface area (Å²) in [6, 6.07) is 0.808. The van der Waals surface area contributed by atoms with E-state index in [1.807, 2.05) is 6.92 Å². The quantitative estimate of drug-likeness (QED) is 0.442. The lowest BCUT2D eigenvalue weighted by atomic mass is 9.94. The molecule has 2 saturated heterocycles. The van der Waals surface area contributed by atoms with E-state index in [4.69, 9.17) is 0 Å². The molecule has 76 valence electrons. The maximum Gasteiger partial charge on any atom is 0.319 e. The van der Waals surface area contributed by atoms with Crippen molar-refractivity contribution < 1.29 is 14.3 Å². The summed E-state index contributed by atoms with van der Waals surface area (Å²) in [5.74, 6) is -0.994. The molecule has 0 N–H and O–H groups in total. The van der Waals surface area contributed by atoms with E-state index in [1.165, 1.54) is 12.8 Å². The summed E-state index contributed by atoms with van der Waals surface area (Å²) in [5.41, 5.74) is 0. The molecule has 0 amide bonds. The van der Waals surface area contributed by atoms with Gasteiger partial charge < -0.3 is 4.74 Å². The van der Waals surface area contributed by atoms with Crippen molar-refractivity contribution in [1.82, 2.24) is 4.90 Å². The van der Waals surface area contributed by atoms with Crippen molar-refractivity contribution in [3.05, 3.63) is 0 Å². The maximum absolute atomic E-state index is 11.4. The number of hydrogen-bond donors (Lipinski definition) is 0. The molecule has 3 rings (SSSR count). The van der Waals surface area contributed by atoms with E-state index in [1.54, 1.807) is 0 Å². The van der Waals surface area contributed by atoms with Crippen LogP contribution in [0.5, 0.6) is 0 Å². The average molecular weight is 195 g/mol. The van der Waals surface area contributed by atoms with Crippen molar-refractivity contribution >= 4 is 11.9 Å². The van der Waals surface area contributed by atoms with E-state index in [9.17, 15) is 9.59 Å². The van der Waals surface area contributed by atoms with Gasteiger partial charge in [0.1, 0.15) is 0 Å². The summed E-state index contributed by atoms with van der Waals surface area (Å²) in [6.07, 6.45) is 2.43.